The van der Waals surface area contributed by atoms with Crippen molar-refractivity contribution in [1.29, 1.82) is 0 Å². The zero-order chi connectivity index (χ0) is 23.8. The molecule has 1 N–H and O–H groups in total. The molecule has 176 valence electrons. The number of aromatic nitrogens is 2. The number of fused-ring (bicyclic) bond motifs is 1. The third-order valence-electron chi connectivity index (χ3n) is 5.39. The molecule has 0 atom stereocenters. The lowest BCUT2D eigenvalue weighted by atomic mass is 10.2. The SMILES string of the molecule is Cc1cccc(OCCn2c(CCCNC(=O)COc3ccc(Cl)cc3)nc3ccccc32)c1. The number of rotatable bonds is 11. The molecule has 6 nitrogen and oxygen atoms in total. The average Bonchev–Trinajstić information content (AvgIpc) is 3.19. The van der Waals surface area contributed by atoms with Crippen LogP contribution in [0.4, 0.5) is 0 Å². The lowest BCUT2D eigenvalue weighted by molar-refractivity contribution is -0.123. The summed E-state index contributed by atoms with van der Waals surface area (Å²) in [5.41, 5.74) is 3.23. The lowest BCUT2D eigenvalue weighted by Crippen LogP contribution is -2.30. The summed E-state index contributed by atoms with van der Waals surface area (Å²) >= 11 is 5.86. The van der Waals surface area contributed by atoms with E-state index in [1.165, 1.54) is 5.56 Å². The predicted molar refractivity (Wildman–Crippen MR) is 135 cm³/mol. The Balaban J connectivity index is 1.28. The summed E-state index contributed by atoms with van der Waals surface area (Å²) in [5, 5.41) is 3.54. The van der Waals surface area contributed by atoms with Crippen LogP contribution in [0, 0.1) is 6.92 Å². The van der Waals surface area contributed by atoms with Gasteiger partial charge in [-0.3, -0.25) is 4.79 Å². The Morgan fingerprint density at radius 3 is 2.65 bits per heavy atom. The summed E-state index contributed by atoms with van der Waals surface area (Å²) in [6, 6.07) is 23.1. The number of carbonyl (C=O) groups excluding carboxylic acids is 1. The monoisotopic (exact) mass is 477 g/mol. The van der Waals surface area contributed by atoms with E-state index in [0.717, 1.165) is 35.4 Å². The van der Waals surface area contributed by atoms with E-state index >= 15 is 0 Å². The van der Waals surface area contributed by atoms with Gasteiger partial charge in [0.2, 0.25) is 0 Å². The van der Waals surface area contributed by atoms with Gasteiger partial charge in [0.15, 0.2) is 6.61 Å². The molecule has 4 aromatic rings. The van der Waals surface area contributed by atoms with Gasteiger partial charge in [-0.1, -0.05) is 35.9 Å². The van der Waals surface area contributed by atoms with Gasteiger partial charge in [-0.25, -0.2) is 4.98 Å². The molecule has 4 rings (SSSR count). The van der Waals surface area contributed by atoms with E-state index in [2.05, 4.69) is 28.9 Å². The van der Waals surface area contributed by atoms with Crippen molar-refractivity contribution in [3.8, 4) is 11.5 Å². The van der Waals surface area contributed by atoms with E-state index in [4.69, 9.17) is 26.1 Å². The first kappa shape index (κ1) is 23.6. The van der Waals surface area contributed by atoms with Crippen LogP contribution in [-0.4, -0.2) is 35.2 Å². The summed E-state index contributed by atoms with van der Waals surface area (Å²) in [5.74, 6) is 2.31. The molecule has 0 radical (unpaired) electrons. The highest BCUT2D eigenvalue weighted by Crippen LogP contribution is 2.18. The minimum absolute atomic E-state index is 0.0313. The number of para-hydroxylation sites is 2. The summed E-state index contributed by atoms with van der Waals surface area (Å²) in [7, 11) is 0. The van der Waals surface area contributed by atoms with Crippen molar-refractivity contribution in [2.75, 3.05) is 19.8 Å². The Hall–Kier alpha value is -3.51. The average molecular weight is 478 g/mol. The highest BCUT2D eigenvalue weighted by Gasteiger charge is 2.11. The van der Waals surface area contributed by atoms with E-state index in [-0.39, 0.29) is 12.5 Å². The summed E-state index contributed by atoms with van der Waals surface area (Å²) in [4.78, 5) is 16.9. The fraction of sp³-hybridized carbons (Fsp3) is 0.259. The molecule has 7 heteroatoms. The van der Waals surface area contributed by atoms with Crippen molar-refractivity contribution in [3.63, 3.8) is 0 Å². The smallest absolute Gasteiger partial charge is 0.257 e. The number of halogens is 1. The second-order valence-electron chi connectivity index (χ2n) is 8.03. The van der Waals surface area contributed by atoms with Gasteiger partial charge >= 0.3 is 0 Å². The zero-order valence-corrected chi connectivity index (χ0v) is 19.9. The molecule has 0 spiro atoms. The molecule has 0 aliphatic heterocycles. The molecule has 1 heterocycles. The van der Waals surface area contributed by atoms with Crippen LogP contribution < -0.4 is 14.8 Å². The Bertz CT molecular complexity index is 1240. The van der Waals surface area contributed by atoms with Crippen molar-refractivity contribution >= 4 is 28.5 Å². The fourth-order valence-corrected chi connectivity index (χ4v) is 3.86. The van der Waals surface area contributed by atoms with E-state index in [1.54, 1.807) is 24.3 Å². The molecule has 0 saturated carbocycles. The van der Waals surface area contributed by atoms with Gasteiger partial charge in [-0.2, -0.15) is 0 Å². The molecular formula is C27H28ClN3O3. The highest BCUT2D eigenvalue weighted by molar-refractivity contribution is 6.30. The first-order valence-corrected chi connectivity index (χ1v) is 11.7. The number of nitrogens with zero attached hydrogens (tertiary/aromatic N) is 2. The van der Waals surface area contributed by atoms with Gasteiger partial charge in [0.1, 0.15) is 23.9 Å². The lowest BCUT2D eigenvalue weighted by Gasteiger charge is -2.12. The van der Waals surface area contributed by atoms with Crippen molar-refractivity contribution in [3.05, 3.63) is 89.2 Å². The summed E-state index contributed by atoms with van der Waals surface area (Å²) < 4.78 is 13.7. The normalized spacial score (nSPS) is 10.9. The molecule has 0 bridgehead atoms. The molecule has 0 unspecified atom stereocenters. The Kier molecular flexibility index (Phi) is 8.04. The quantitative estimate of drug-likeness (QED) is 0.301. The molecule has 1 aromatic heterocycles. The van der Waals surface area contributed by atoms with Gasteiger partial charge in [-0.15, -0.1) is 0 Å². The molecule has 0 fully saturated rings. The number of amides is 1. The zero-order valence-electron chi connectivity index (χ0n) is 19.2. The van der Waals surface area contributed by atoms with E-state index in [0.29, 0.717) is 30.5 Å². The van der Waals surface area contributed by atoms with E-state index in [1.807, 2.05) is 36.4 Å². The number of aryl methyl sites for hydroxylation is 2. The van der Waals surface area contributed by atoms with Crippen LogP contribution in [0.5, 0.6) is 11.5 Å². The second-order valence-corrected chi connectivity index (χ2v) is 8.47. The highest BCUT2D eigenvalue weighted by atomic mass is 35.5. The maximum absolute atomic E-state index is 12.1. The van der Waals surface area contributed by atoms with Crippen molar-refractivity contribution in [2.24, 2.45) is 0 Å². The Morgan fingerprint density at radius 2 is 1.82 bits per heavy atom. The molecule has 1 amide bonds. The summed E-state index contributed by atoms with van der Waals surface area (Å²) in [6.45, 7) is 3.82. The molecule has 3 aromatic carbocycles. The van der Waals surface area contributed by atoms with Gasteiger partial charge < -0.3 is 19.4 Å². The minimum atomic E-state index is -0.157. The second kappa shape index (κ2) is 11.6. The largest absolute Gasteiger partial charge is 0.492 e. The van der Waals surface area contributed by atoms with Crippen molar-refractivity contribution in [2.45, 2.75) is 26.3 Å². The molecule has 0 saturated heterocycles. The predicted octanol–water partition coefficient (Wildman–Crippen LogP) is 5.20. The van der Waals surface area contributed by atoms with Gasteiger partial charge in [0.05, 0.1) is 17.6 Å². The van der Waals surface area contributed by atoms with Gasteiger partial charge in [0.25, 0.3) is 5.91 Å². The molecule has 0 aliphatic rings. The van der Waals surface area contributed by atoms with Gasteiger partial charge in [0, 0.05) is 18.0 Å². The Labute approximate surface area is 204 Å². The van der Waals surface area contributed by atoms with Crippen molar-refractivity contribution < 1.29 is 14.3 Å². The Morgan fingerprint density at radius 1 is 1.00 bits per heavy atom. The number of benzene rings is 3. The van der Waals surface area contributed by atoms with Crippen LogP contribution in [0.3, 0.4) is 0 Å². The van der Waals surface area contributed by atoms with Crippen LogP contribution in [0.1, 0.15) is 17.8 Å². The molecule has 0 aliphatic carbocycles. The molecular weight excluding hydrogens is 450 g/mol. The van der Waals surface area contributed by atoms with Crippen LogP contribution in [0.2, 0.25) is 5.02 Å². The van der Waals surface area contributed by atoms with E-state index < -0.39 is 0 Å². The van der Waals surface area contributed by atoms with Crippen LogP contribution in [0.15, 0.2) is 72.8 Å². The molecule has 34 heavy (non-hydrogen) atoms. The topological polar surface area (TPSA) is 65.4 Å². The third-order valence-corrected chi connectivity index (χ3v) is 5.64. The number of ether oxygens (including phenoxy) is 2. The number of imidazole rings is 1. The number of hydrogen-bond acceptors (Lipinski definition) is 4. The first-order chi connectivity index (χ1) is 16.6. The number of hydrogen-bond donors (Lipinski definition) is 1. The van der Waals surface area contributed by atoms with Crippen molar-refractivity contribution in [1.82, 2.24) is 14.9 Å². The maximum atomic E-state index is 12.1. The van der Waals surface area contributed by atoms with Crippen LogP contribution in [-0.2, 0) is 17.8 Å². The van der Waals surface area contributed by atoms with Crippen LogP contribution >= 0.6 is 11.6 Å². The number of carbonyl (C=O) groups is 1. The standard InChI is InChI=1S/C27H28ClN3O3/c1-20-6-4-7-23(18-20)33-17-16-31-25-9-3-2-8-24(25)30-26(31)10-5-15-29-27(32)19-34-22-13-11-21(28)12-14-22/h2-4,6-9,11-14,18H,5,10,15-17,19H2,1H3,(H,29,32). The van der Waals surface area contributed by atoms with Crippen LogP contribution in [0.25, 0.3) is 11.0 Å². The third kappa shape index (κ3) is 6.51. The summed E-state index contributed by atoms with van der Waals surface area (Å²) in [6.07, 6.45) is 1.52. The van der Waals surface area contributed by atoms with E-state index in [9.17, 15) is 4.79 Å². The first-order valence-electron chi connectivity index (χ1n) is 11.4. The minimum Gasteiger partial charge on any atom is -0.492 e. The fourth-order valence-electron chi connectivity index (χ4n) is 3.73. The van der Waals surface area contributed by atoms with Gasteiger partial charge in [-0.05, 0) is 67.4 Å². The number of nitrogens with one attached hydrogen (secondary N) is 1. The maximum Gasteiger partial charge on any atom is 0.257 e.